The third-order valence-electron chi connectivity index (χ3n) is 6.50. The molecule has 2 unspecified atom stereocenters. The maximum Gasteiger partial charge on any atom is 0.291 e. The summed E-state index contributed by atoms with van der Waals surface area (Å²) in [5.41, 5.74) is -0.123. The van der Waals surface area contributed by atoms with Gasteiger partial charge in [0.25, 0.3) is 11.5 Å². The molecule has 1 aliphatic carbocycles. The van der Waals surface area contributed by atoms with Crippen LogP contribution in [0.15, 0.2) is 17.1 Å². The van der Waals surface area contributed by atoms with Crippen molar-refractivity contribution in [1.82, 2.24) is 24.4 Å². The minimum Gasteiger partial charge on any atom is -0.494 e. The summed E-state index contributed by atoms with van der Waals surface area (Å²) < 4.78 is 8.22. The molecule has 2 atom stereocenters. The van der Waals surface area contributed by atoms with Crippen LogP contribution in [0.25, 0.3) is 11.7 Å². The normalized spacial score (nSPS) is 22.6. The second kappa shape index (κ2) is 8.33. The Morgan fingerprint density at radius 2 is 1.94 bits per heavy atom. The second-order valence-electron chi connectivity index (χ2n) is 9.59. The van der Waals surface area contributed by atoms with Crippen molar-refractivity contribution in [3.63, 3.8) is 0 Å². The van der Waals surface area contributed by atoms with E-state index in [0.717, 1.165) is 30.2 Å². The number of hydrogen-bond donors (Lipinski definition) is 2. The number of ether oxygens (including phenoxy) is 1. The van der Waals surface area contributed by atoms with Crippen molar-refractivity contribution in [2.75, 3.05) is 13.2 Å². The number of morpholine rings is 1. The molecule has 1 saturated carbocycles. The number of nitrogens with one attached hydrogen (secondary N) is 1. The van der Waals surface area contributed by atoms with Gasteiger partial charge in [0, 0.05) is 24.2 Å². The molecule has 4 heterocycles. The van der Waals surface area contributed by atoms with Crippen molar-refractivity contribution in [3.05, 3.63) is 33.8 Å². The smallest absolute Gasteiger partial charge is 0.291 e. The maximum atomic E-state index is 13.1. The fraction of sp³-hybridized carbons (Fsp3) is 0.565. The fourth-order valence-electron chi connectivity index (χ4n) is 4.79. The minimum atomic E-state index is -0.683. The summed E-state index contributed by atoms with van der Waals surface area (Å²) in [6, 6.07) is 0.240. The monoisotopic (exact) mass is 455 g/mol. The summed E-state index contributed by atoms with van der Waals surface area (Å²) in [6.07, 6.45) is 8.20. The lowest BCUT2D eigenvalue weighted by atomic mass is 10.2. The fourth-order valence-corrected chi connectivity index (χ4v) is 4.79. The van der Waals surface area contributed by atoms with Gasteiger partial charge in [-0.05, 0) is 37.7 Å². The van der Waals surface area contributed by atoms with Gasteiger partial charge in [-0.2, -0.15) is 9.61 Å². The highest BCUT2D eigenvalue weighted by Gasteiger charge is 2.39. The van der Waals surface area contributed by atoms with Gasteiger partial charge in [-0.15, -0.1) is 0 Å². The first-order chi connectivity index (χ1) is 15.8. The van der Waals surface area contributed by atoms with E-state index in [1.807, 2.05) is 18.7 Å². The lowest BCUT2D eigenvalue weighted by Gasteiger charge is -2.33. The van der Waals surface area contributed by atoms with Crippen LogP contribution in [-0.2, 0) is 16.1 Å². The molecular formula is C23H29N5O5. The van der Waals surface area contributed by atoms with Crippen LogP contribution in [0.4, 0.5) is 0 Å². The van der Waals surface area contributed by atoms with Crippen LogP contribution >= 0.6 is 0 Å². The summed E-state index contributed by atoms with van der Waals surface area (Å²) in [6.45, 7) is 5.43. The Morgan fingerprint density at radius 1 is 1.24 bits per heavy atom. The molecule has 2 N–H and O–H groups in total. The van der Waals surface area contributed by atoms with E-state index in [2.05, 4.69) is 10.4 Å². The maximum absolute atomic E-state index is 13.1. The number of aromatic nitrogens is 3. The first-order valence-corrected chi connectivity index (χ1v) is 11.6. The largest absolute Gasteiger partial charge is 0.494 e. The van der Waals surface area contributed by atoms with Crippen molar-refractivity contribution in [2.24, 2.45) is 5.92 Å². The molecule has 2 aromatic rings. The number of rotatable bonds is 6. The predicted molar refractivity (Wildman–Crippen MR) is 120 cm³/mol. The van der Waals surface area contributed by atoms with Gasteiger partial charge in [0.2, 0.25) is 11.8 Å². The molecule has 0 radical (unpaired) electrons. The van der Waals surface area contributed by atoms with E-state index in [1.54, 1.807) is 6.08 Å². The molecule has 3 aliphatic rings. The Hall–Kier alpha value is -3.14. The van der Waals surface area contributed by atoms with E-state index >= 15 is 0 Å². The number of nitrogens with zero attached hydrogens (tertiary/aromatic N) is 4. The van der Waals surface area contributed by atoms with Gasteiger partial charge in [0.15, 0.2) is 5.56 Å². The highest BCUT2D eigenvalue weighted by molar-refractivity contribution is 5.97. The topological polar surface area (TPSA) is 118 Å². The molecule has 2 saturated heterocycles. The molecule has 176 valence electrons. The summed E-state index contributed by atoms with van der Waals surface area (Å²) in [5, 5.41) is 17.9. The van der Waals surface area contributed by atoms with Crippen LogP contribution in [0.5, 0.6) is 5.88 Å². The molecule has 2 amide bonds. The van der Waals surface area contributed by atoms with Gasteiger partial charge in [-0.1, -0.05) is 13.8 Å². The summed E-state index contributed by atoms with van der Waals surface area (Å²) in [5.74, 6) is -0.955. The lowest BCUT2D eigenvalue weighted by Crippen LogP contribution is -2.48. The van der Waals surface area contributed by atoms with E-state index in [-0.39, 0.29) is 41.4 Å². The molecule has 0 spiro atoms. The third-order valence-corrected chi connectivity index (χ3v) is 6.50. The van der Waals surface area contributed by atoms with Crippen molar-refractivity contribution in [1.29, 1.82) is 0 Å². The Balaban J connectivity index is 1.53. The van der Waals surface area contributed by atoms with Gasteiger partial charge in [-0.3, -0.25) is 19.0 Å². The molecule has 3 fully saturated rings. The third kappa shape index (κ3) is 3.92. The van der Waals surface area contributed by atoms with Gasteiger partial charge < -0.3 is 20.1 Å². The number of carbonyl (C=O) groups excluding carboxylic acids is 2. The first kappa shape index (κ1) is 21.7. The second-order valence-corrected chi connectivity index (χ2v) is 9.59. The Labute approximate surface area is 190 Å². The quantitative estimate of drug-likeness (QED) is 0.631. The number of amides is 2. The summed E-state index contributed by atoms with van der Waals surface area (Å²) >= 11 is 0. The predicted octanol–water partition coefficient (Wildman–Crippen LogP) is 1.15. The zero-order valence-electron chi connectivity index (χ0n) is 18.9. The zero-order valence-corrected chi connectivity index (χ0v) is 18.9. The van der Waals surface area contributed by atoms with Gasteiger partial charge in [0.1, 0.15) is 5.65 Å². The molecule has 33 heavy (non-hydrogen) atoms. The van der Waals surface area contributed by atoms with Crippen molar-refractivity contribution in [3.8, 4) is 5.88 Å². The zero-order chi connectivity index (χ0) is 23.3. The Kier molecular flexibility index (Phi) is 5.48. The molecule has 2 aromatic heterocycles. The first-order valence-electron chi connectivity index (χ1n) is 11.6. The molecule has 10 heteroatoms. The van der Waals surface area contributed by atoms with Gasteiger partial charge in [0.05, 0.1) is 31.5 Å². The molecule has 5 rings (SSSR count). The Bertz CT molecular complexity index is 1180. The van der Waals surface area contributed by atoms with E-state index in [9.17, 15) is 19.5 Å². The highest BCUT2D eigenvalue weighted by atomic mass is 16.5. The van der Waals surface area contributed by atoms with Gasteiger partial charge in [-0.25, -0.2) is 0 Å². The summed E-state index contributed by atoms with van der Waals surface area (Å²) in [7, 11) is 0. The lowest BCUT2D eigenvalue weighted by molar-refractivity contribution is -0.135. The van der Waals surface area contributed by atoms with Crippen LogP contribution in [0, 0.1) is 5.92 Å². The molecular weight excluding hydrogens is 426 g/mol. The number of hydrogen-bond acceptors (Lipinski definition) is 6. The standard InChI is InChI=1S/C23H29N5O5/c1-13(2)10-26-21-14(3-8-18(29)27-16-6-7-17(27)12-33-11-16)9-24-28(21)23(32)19(22(26)31)20(30)25-15-4-5-15/h3,8-9,13,15-17,31H,4-7,10-12H2,1-2H3,(H,25,30). The van der Waals surface area contributed by atoms with Crippen molar-refractivity contribution >= 4 is 23.5 Å². The van der Waals surface area contributed by atoms with Crippen molar-refractivity contribution in [2.45, 2.75) is 64.2 Å². The molecule has 2 bridgehead atoms. The van der Waals surface area contributed by atoms with E-state index in [1.165, 1.54) is 16.8 Å². The van der Waals surface area contributed by atoms with Crippen LogP contribution in [0.2, 0.25) is 0 Å². The van der Waals surface area contributed by atoms with Gasteiger partial charge >= 0.3 is 0 Å². The number of fused-ring (bicyclic) bond motifs is 3. The number of aromatic hydroxyl groups is 1. The van der Waals surface area contributed by atoms with E-state index in [4.69, 9.17) is 4.74 Å². The van der Waals surface area contributed by atoms with Crippen molar-refractivity contribution < 1.29 is 19.4 Å². The summed E-state index contributed by atoms with van der Waals surface area (Å²) in [4.78, 5) is 40.6. The van der Waals surface area contributed by atoms with Crippen LogP contribution in [-0.4, -0.2) is 67.3 Å². The van der Waals surface area contributed by atoms with E-state index < -0.39 is 11.5 Å². The Morgan fingerprint density at radius 3 is 2.58 bits per heavy atom. The average Bonchev–Trinajstić information content (AvgIpc) is 3.42. The average molecular weight is 456 g/mol. The molecule has 2 aliphatic heterocycles. The van der Waals surface area contributed by atoms with Crippen LogP contribution < -0.4 is 10.9 Å². The molecule has 0 aromatic carbocycles. The van der Waals surface area contributed by atoms with Crippen LogP contribution in [0.1, 0.15) is 55.5 Å². The molecule has 10 nitrogen and oxygen atoms in total. The minimum absolute atomic E-state index is 0.0446. The number of carbonyl (C=O) groups is 2. The van der Waals surface area contributed by atoms with E-state index in [0.29, 0.717) is 31.0 Å². The highest BCUT2D eigenvalue weighted by Crippen LogP contribution is 2.29. The van der Waals surface area contributed by atoms with Crippen LogP contribution in [0.3, 0.4) is 0 Å². The SMILES string of the molecule is CC(C)Cn1c(O)c(C(=O)NC2CC2)c(=O)n2ncc(C=CC(=O)N3C4CCC3COC4)c12.